The molecule has 0 saturated heterocycles. The van der Waals surface area contributed by atoms with Gasteiger partial charge < -0.3 is 13.7 Å². The van der Waals surface area contributed by atoms with E-state index in [1.807, 2.05) is 0 Å². The van der Waals surface area contributed by atoms with Crippen LogP contribution in [0, 0.1) is 0 Å². The van der Waals surface area contributed by atoms with Gasteiger partial charge in [0.2, 0.25) is 0 Å². The Bertz CT molecular complexity index is 3920. The number of fused-ring (bicyclic) bond motifs is 11. The zero-order valence-corrected chi connectivity index (χ0v) is 34.1. The van der Waals surface area contributed by atoms with Crippen LogP contribution in [0.3, 0.4) is 0 Å². The molecule has 3 heteroatoms. The largest absolute Gasteiger partial charge is 0.455 e. The second-order valence-electron chi connectivity index (χ2n) is 16.4. The lowest BCUT2D eigenvalue weighted by Crippen LogP contribution is -2.10. The molecule has 3 nitrogen and oxygen atoms in total. The molecule has 294 valence electrons. The van der Waals surface area contributed by atoms with E-state index in [0.29, 0.717) is 0 Å². The summed E-state index contributed by atoms with van der Waals surface area (Å²) in [5.41, 5.74) is 13.7. The van der Waals surface area contributed by atoms with E-state index < -0.39 is 0 Å². The smallest absolute Gasteiger partial charge is 0.143 e. The molecule has 0 spiro atoms. The van der Waals surface area contributed by atoms with Crippen LogP contribution in [0.5, 0.6) is 0 Å². The Balaban J connectivity index is 0.975. The van der Waals surface area contributed by atoms with Crippen LogP contribution in [0.1, 0.15) is 0 Å². The minimum atomic E-state index is 0.882. The molecule has 63 heavy (non-hydrogen) atoms. The molecule has 0 N–H and O–H groups in total. The number of hydrogen-bond acceptors (Lipinski definition) is 3. The first kappa shape index (κ1) is 35.4. The summed E-state index contributed by atoms with van der Waals surface area (Å²) in [6.45, 7) is 0. The van der Waals surface area contributed by atoms with E-state index >= 15 is 0 Å². The summed E-state index contributed by atoms with van der Waals surface area (Å²) in [4.78, 5) is 2.38. The number of rotatable bonds is 6. The Morgan fingerprint density at radius 1 is 0.270 bits per heavy atom. The molecular formula is C60H37NO2. The highest BCUT2D eigenvalue weighted by atomic mass is 16.3. The zero-order valence-electron chi connectivity index (χ0n) is 34.1. The summed E-state index contributed by atoms with van der Waals surface area (Å²) in [5.74, 6) is 0. The molecule has 11 aromatic carbocycles. The number of nitrogens with zero attached hydrogens (tertiary/aromatic N) is 1. The van der Waals surface area contributed by atoms with Gasteiger partial charge >= 0.3 is 0 Å². The van der Waals surface area contributed by atoms with Crippen molar-refractivity contribution >= 4 is 93.3 Å². The standard InChI is InChI=1S/C60H37NO2/c1-4-20-47-38(12-1)15-9-23-48(47)42-16-7-18-45(36-42)61(44-32-28-41(29-33-44)49-24-10-26-55-57(49)53-34-30-39-13-2-5-21-51(39)59(53)62-55)46-19-8-17-43(37-46)50-25-11-27-56-58(50)54-35-31-40-14-3-6-22-52(40)60(54)63-56/h1-37H. The Morgan fingerprint density at radius 3 is 1.30 bits per heavy atom. The zero-order chi connectivity index (χ0) is 41.4. The van der Waals surface area contributed by atoms with Crippen molar-refractivity contribution in [2.45, 2.75) is 0 Å². The molecule has 0 aliphatic rings. The van der Waals surface area contributed by atoms with Gasteiger partial charge in [0.25, 0.3) is 0 Å². The fourth-order valence-electron chi connectivity index (χ4n) is 9.93. The van der Waals surface area contributed by atoms with E-state index in [-0.39, 0.29) is 0 Å². The average Bonchev–Trinajstić information content (AvgIpc) is 3.94. The van der Waals surface area contributed by atoms with E-state index in [1.54, 1.807) is 0 Å². The van der Waals surface area contributed by atoms with Gasteiger partial charge in [0.05, 0.1) is 0 Å². The fraction of sp³-hybridized carbons (Fsp3) is 0. The van der Waals surface area contributed by atoms with Crippen molar-refractivity contribution in [3.8, 4) is 33.4 Å². The highest BCUT2D eigenvalue weighted by Crippen LogP contribution is 2.45. The lowest BCUT2D eigenvalue weighted by atomic mass is 9.96. The molecule has 2 heterocycles. The lowest BCUT2D eigenvalue weighted by Gasteiger charge is -2.27. The third-order valence-electron chi connectivity index (χ3n) is 12.8. The van der Waals surface area contributed by atoms with E-state index in [1.165, 1.54) is 27.1 Å². The highest BCUT2D eigenvalue weighted by molar-refractivity contribution is 6.20. The highest BCUT2D eigenvalue weighted by Gasteiger charge is 2.20. The summed E-state index contributed by atoms with van der Waals surface area (Å²) in [5, 5.41) is 11.6. The summed E-state index contributed by atoms with van der Waals surface area (Å²) < 4.78 is 13.2. The van der Waals surface area contributed by atoms with E-state index in [9.17, 15) is 0 Å². The molecule has 0 aliphatic heterocycles. The molecule has 0 radical (unpaired) electrons. The second kappa shape index (κ2) is 14.1. The topological polar surface area (TPSA) is 29.5 Å². The second-order valence-corrected chi connectivity index (χ2v) is 16.4. The molecule has 13 aromatic rings. The van der Waals surface area contributed by atoms with Crippen molar-refractivity contribution in [1.29, 1.82) is 0 Å². The van der Waals surface area contributed by atoms with Crippen molar-refractivity contribution in [2.75, 3.05) is 4.90 Å². The summed E-state index contributed by atoms with van der Waals surface area (Å²) in [7, 11) is 0. The van der Waals surface area contributed by atoms with Gasteiger partial charge in [0, 0.05) is 49.4 Å². The van der Waals surface area contributed by atoms with Gasteiger partial charge in [-0.15, -0.1) is 0 Å². The maximum atomic E-state index is 6.63. The third kappa shape index (κ3) is 5.67. The summed E-state index contributed by atoms with van der Waals surface area (Å²) in [6.07, 6.45) is 0. The van der Waals surface area contributed by atoms with Crippen LogP contribution < -0.4 is 4.90 Å². The van der Waals surface area contributed by atoms with Gasteiger partial charge in [-0.2, -0.15) is 0 Å². The molecule has 0 amide bonds. The quantitative estimate of drug-likeness (QED) is 0.168. The SMILES string of the molecule is c1cc(-c2cccc3ccccc23)cc(N(c2ccc(-c3cccc4oc5c6ccccc6ccc5c34)cc2)c2cccc(-c3cccc4oc5c6ccccc6ccc5c34)c2)c1. The predicted octanol–water partition coefficient (Wildman–Crippen LogP) is 17.4. The Labute approximate surface area is 363 Å². The van der Waals surface area contributed by atoms with E-state index in [2.05, 4.69) is 229 Å². The minimum absolute atomic E-state index is 0.882. The summed E-state index contributed by atoms with van der Waals surface area (Å²) >= 11 is 0. The Morgan fingerprint density at radius 2 is 0.714 bits per heavy atom. The van der Waals surface area contributed by atoms with Gasteiger partial charge in [-0.05, 0) is 116 Å². The van der Waals surface area contributed by atoms with Crippen LogP contribution in [0.25, 0.3) is 110 Å². The van der Waals surface area contributed by atoms with Crippen LogP contribution >= 0.6 is 0 Å². The van der Waals surface area contributed by atoms with Crippen LogP contribution in [-0.4, -0.2) is 0 Å². The van der Waals surface area contributed by atoms with Crippen LogP contribution in [0.4, 0.5) is 17.1 Å². The Kier molecular flexibility index (Phi) is 7.91. The maximum absolute atomic E-state index is 6.63. The molecule has 0 aliphatic carbocycles. The average molecular weight is 804 g/mol. The van der Waals surface area contributed by atoms with Crippen molar-refractivity contribution in [1.82, 2.24) is 0 Å². The molecule has 0 bridgehead atoms. The predicted molar refractivity (Wildman–Crippen MR) is 265 cm³/mol. The molecule has 13 rings (SSSR count). The van der Waals surface area contributed by atoms with Gasteiger partial charge in [0.1, 0.15) is 22.3 Å². The minimum Gasteiger partial charge on any atom is -0.455 e. The van der Waals surface area contributed by atoms with Crippen molar-refractivity contribution in [3.63, 3.8) is 0 Å². The molecule has 2 aromatic heterocycles. The normalized spacial score (nSPS) is 11.8. The van der Waals surface area contributed by atoms with Gasteiger partial charge in [-0.25, -0.2) is 0 Å². The Hall–Kier alpha value is -8.40. The van der Waals surface area contributed by atoms with Crippen molar-refractivity contribution in [3.05, 3.63) is 224 Å². The van der Waals surface area contributed by atoms with E-state index in [0.717, 1.165) is 99.5 Å². The first-order valence-electron chi connectivity index (χ1n) is 21.5. The maximum Gasteiger partial charge on any atom is 0.143 e. The number of hydrogen-bond donors (Lipinski definition) is 0. The first-order valence-corrected chi connectivity index (χ1v) is 21.5. The molecule has 0 fully saturated rings. The summed E-state index contributed by atoms with van der Waals surface area (Å²) in [6, 6.07) is 80.5. The van der Waals surface area contributed by atoms with Gasteiger partial charge in [-0.3, -0.25) is 0 Å². The third-order valence-corrected chi connectivity index (χ3v) is 12.8. The van der Waals surface area contributed by atoms with Crippen LogP contribution in [0.15, 0.2) is 233 Å². The molecule has 0 saturated carbocycles. The van der Waals surface area contributed by atoms with Crippen molar-refractivity contribution < 1.29 is 8.83 Å². The van der Waals surface area contributed by atoms with Crippen molar-refractivity contribution in [2.24, 2.45) is 0 Å². The van der Waals surface area contributed by atoms with Gasteiger partial charge in [0.15, 0.2) is 0 Å². The molecule has 0 unspecified atom stereocenters. The number of benzene rings is 11. The molecule has 0 atom stereocenters. The van der Waals surface area contributed by atoms with E-state index in [4.69, 9.17) is 8.83 Å². The fourth-order valence-corrected chi connectivity index (χ4v) is 9.93. The number of furan rings is 2. The molecular weight excluding hydrogens is 767 g/mol. The van der Waals surface area contributed by atoms with Gasteiger partial charge in [-0.1, -0.05) is 164 Å². The van der Waals surface area contributed by atoms with Crippen LogP contribution in [-0.2, 0) is 0 Å². The van der Waals surface area contributed by atoms with Crippen LogP contribution in [0.2, 0.25) is 0 Å². The number of anilines is 3. The first-order chi connectivity index (χ1) is 31.2. The monoisotopic (exact) mass is 803 g/mol. The lowest BCUT2D eigenvalue weighted by molar-refractivity contribution is 0.672.